The van der Waals surface area contributed by atoms with Crippen molar-refractivity contribution >= 4 is 5.96 Å². The van der Waals surface area contributed by atoms with Crippen molar-refractivity contribution in [3.63, 3.8) is 0 Å². The molecule has 1 atom stereocenters. The van der Waals surface area contributed by atoms with Gasteiger partial charge in [0.15, 0.2) is 17.5 Å². The number of methoxy groups -OCH3 is 1. The fraction of sp³-hybridized carbons (Fsp3) is 0.632. The van der Waals surface area contributed by atoms with E-state index in [0.717, 1.165) is 50.5 Å². The van der Waals surface area contributed by atoms with Gasteiger partial charge in [0.1, 0.15) is 0 Å². The van der Waals surface area contributed by atoms with Crippen LogP contribution in [-0.2, 0) is 16.0 Å². The lowest BCUT2D eigenvalue weighted by atomic mass is 10.2. The van der Waals surface area contributed by atoms with Gasteiger partial charge in [-0.25, -0.2) is 4.99 Å². The molecule has 7 heteroatoms. The molecule has 1 fully saturated rings. The first-order valence-corrected chi connectivity index (χ1v) is 9.30. The molecule has 3 N–H and O–H groups in total. The smallest absolute Gasteiger partial charge is 0.191 e. The molecule has 7 nitrogen and oxygen atoms in total. The van der Waals surface area contributed by atoms with Crippen LogP contribution in [0.15, 0.2) is 23.2 Å². The number of phenols is 1. The van der Waals surface area contributed by atoms with Crippen molar-refractivity contribution in [1.82, 2.24) is 10.6 Å². The summed E-state index contributed by atoms with van der Waals surface area (Å²) in [6.07, 6.45) is 3.43. The summed E-state index contributed by atoms with van der Waals surface area (Å²) < 4.78 is 16.2. The molecule has 1 unspecified atom stereocenters. The van der Waals surface area contributed by atoms with E-state index in [2.05, 4.69) is 15.6 Å². The molecule has 1 aromatic rings. The first kappa shape index (κ1) is 20.3. The highest BCUT2D eigenvalue weighted by molar-refractivity contribution is 5.79. The average Bonchev–Trinajstić information content (AvgIpc) is 3.16. The molecule has 1 heterocycles. The van der Waals surface area contributed by atoms with E-state index in [9.17, 15) is 5.11 Å². The molecular formula is C19H31N3O4. The van der Waals surface area contributed by atoms with Crippen molar-refractivity contribution in [3.05, 3.63) is 23.8 Å². The number of guanidine groups is 1. The second-order valence-electron chi connectivity index (χ2n) is 6.19. The molecule has 0 saturated carbocycles. The Morgan fingerprint density at radius 2 is 2.27 bits per heavy atom. The van der Waals surface area contributed by atoms with Crippen LogP contribution >= 0.6 is 0 Å². The minimum atomic E-state index is 0.126. The van der Waals surface area contributed by atoms with E-state index >= 15 is 0 Å². The topological polar surface area (TPSA) is 84.3 Å². The lowest BCUT2D eigenvalue weighted by Gasteiger charge is -2.13. The van der Waals surface area contributed by atoms with Crippen LogP contribution in [0.5, 0.6) is 11.5 Å². The molecular weight excluding hydrogens is 334 g/mol. The number of rotatable bonds is 10. The van der Waals surface area contributed by atoms with Crippen LogP contribution in [-0.4, -0.2) is 57.2 Å². The summed E-state index contributed by atoms with van der Waals surface area (Å²) in [6.45, 7) is 6.34. The monoisotopic (exact) mass is 365 g/mol. The van der Waals surface area contributed by atoms with Crippen LogP contribution in [0.25, 0.3) is 0 Å². The summed E-state index contributed by atoms with van der Waals surface area (Å²) in [5.74, 6) is 1.34. The highest BCUT2D eigenvalue weighted by atomic mass is 16.5. The van der Waals surface area contributed by atoms with Gasteiger partial charge in [-0.2, -0.15) is 0 Å². The molecule has 146 valence electrons. The summed E-state index contributed by atoms with van der Waals surface area (Å²) in [6, 6.07) is 5.31. The van der Waals surface area contributed by atoms with Gasteiger partial charge in [-0.05, 0) is 43.9 Å². The molecule has 1 aliphatic heterocycles. The molecule has 26 heavy (non-hydrogen) atoms. The van der Waals surface area contributed by atoms with Crippen molar-refractivity contribution in [2.45, 2.75) is 38.8 Å². The molecule has 0 radical (unpaired) electrons. The highest BCUT2D eigenvalue weighted by Gasteiger charge is 2.14. The summed E-state index contributed by atoms with van der Waals surface area (Å²) in [5.41, 5.74) is 0.917. The molecule has 2 rings (SSSR count). The van der Waals surface area contributed by atoms with Gasteiger partial charge in [0.05, 0.1) is 26.4 Å². The molecule has 0 bridgehead atoms. The predicted molar refractivity (Wildman–Crippen MR) is 102 cm³/mol. The number of aliphatic imine (C=N–C) groups is 1. The lowest BCUT2D eigenvalue weighted by molar-refractivity contribution is 0.0168. The second kappa shape index (κ2) is 11.6. The zero-order valence-corrected chi connectivity index (χ0v) is 15.8. The van der Waals surface area contributed by atoms with Crippen LogP contribution in [0.3, 0.4) is 0 Å². The van der Waals surface area contributed by atoms with Gasteiger partial charge in [0.2, 0.25) is 0 Å². The van der Waals surface area contributed by atoms with E-state index in [1.807, 2.05) is 13.0 Å². The first-order chi connectivity index (χ1) is 12.7. The second-order valence-corrected chi connectivity index (χ2v) is 6.19. The Balaban J connectivity index is 1.69. The van der Waals surface area contributed by atoms with Gasteiger partial charge in [-0.1, -0.05) is 6.07 Å². The molecule has 0 aliphatic carbocycles. The Morgan fingerprint density at radius 3 is 2.96 bits per heavy atom. The van der Waals surface area contributed by atoms with Crippen LogP contribution < -0.4 is 15.4 Å². The Hall–Kier alpha value is -1.99. The van der Waals surface area contributed by atoms with Crippen LogP contribution in [0.2, 0.25) is 0 Å². The molecule has 1 aliphatic rings. The number of hydrogen-bond acceptors (Lipinski definition) is 5. The number of phenolic OH excluding ortho intramolecular Hbond substituents is 1. The van der Waals surface area contributed by atoms with E-state index in [1.54, 1.807) is 12.1 Å². The number of hydrogen-bond donors (Lipinski definition) is 3. The number of aromatic hydroxyl groups is 1. The summed E-state index contributed by atoms with van der Waals surface area (Å²) in [7, 11) is 1.53. The quantitative estimate of drug-likeness (QED) is 0.334. The maximum absolute atomic E-state index is 9.83. The Morgan fingerprint density at radius 1 is 1.38 bits per heavy atom. The largest absolute Gasteiger partial charge is 0.504 e. The van der Waals surface area contributed by atoms with E-state index in [-0.39, 0.29) is 11.9 Å². The van der Waals surface area contributed by atoms with Gasteiger partial charge in [-0.3, -0.25) is 0 Å². The van der Waals surface area contributed by atoms with Gasteiger partial charge in [0.25, 0.3) is 0 Å². The van der Waals surface area contributed by atoms with Crippen molar-refractivity contribution in [1.29, 1.82) is 0 Å². The fourth-order valence-electron chi connectivity index (χ4n) is 2.72. The highest BCUT2D eigenvalue weighted by Crippen LogP contribution is 2.26. The third-order valence-corrected chi connectivity index (χ3v) is 4.09. The zero-order valence-electron chi connectivity index (χ0n) is 15.8. The predicted octanol–water partition coefficient (Wildman–Crippen LogP) is 2.04. The Bertz CT molecular complexity index is 560. The van der Waals surface area contributed by atoms with Crippen LogP contribution in [0, 0.1) is 0 Å². The summed E-state index contributed by atoms with van der Waals surface area (Å²) in [5, 5.41) is 16.3. The van der Waals surface area contributed by atoms with Gasteiger partial charge >= 0.3 is 0 Å². The van der Waals surface area contributed by atoms with E-state index in [0.29, 0.717) is 25.5 Å². The first-order valence-electron chi connectivity index (χ1n) is 9.30. The third kappa shape index (κ3) is 7.09. The summed E-state index contributed by atoms with van der Waals surface area (Å²) in [4.78, 5) is 4.54. The van der Waals surface area contributed by atoms with Gasteiger partial charge in [0, 0.05) is 26.3 Å². The maximum Gasteiger partial charge on any atom is 0.191 e. The van der Waals surface area contributed by atoms with E-state index in [1.165, 1.54) is 7.11 Å². The Labute approximate surface area is 155 Å². The van der Waals surface area contributed by atoms with Gasteiger partial charge < -0.3 is 30.0 Å². The van der Waals surface area contributed by atoms with Gasteiger partial charge in [-0.15, -0.1) is 0 Å². The number of nitrogens with one attached hydrogen (secondary N) is 2. The zero-order chi connectivity index (χ0) is 18.6. The standard InChI is InChI=1S/C19H31N3O4/c1-3-20-19(21-9-5-10-25-14-16-6-4-11-26-16)22-13-15-7-8-18(24-2)17(23)12-15/h7-8,12,16,23H,3-6,9-11,13-14H2,1-2H3,(H2,20,21,22). The number of nitrogens with zero attached hydrogens (tertiary/aromatic N) is 1. The van der Waals surface area contributed by atoms with Crippen molar-refractivity contribution in [3.8, 4) is 11.5 Å². The van der Waals surface area contributed by atoms with Crippen molar-refractivity contribution in [2.75, 3.05) is 40.0 Å². The minimum Gasteiger partial charge on any atom is -0.504 e. The molecule has 1 aromatic carbocycles. The van der Waals surface area contributed by atoms with Crippen molar-refractivity contribution in [2.24, 2.45) is 4.99 Å². The third-order valence-electron chi connectivity index (χ3n) is 4.09. The van der Waals surface area contributed by atoms with E-state index < -0.39 is 0 Å². The minimum absolute atomic E-state index is 0.126. The normalized spacial score (nSPS) is 17.3. The SMILES string of the molecule is CCNC(=NCc1ccc(OC)c(O)c1)NCCCOCC1CCCO1. The number of benzene rings is 1. The fourth-order valence-corrected chi connectivity index (χ4v) is 2.72. The molecule has 1 saturated heterocycles. The maximum atomic E-state index is 9.83. The van der Waals surface area contributed by atoms with E-state index in [4.69, 9.17) is 14.2 Å². The molecule has 0 aromatic heterocycles. The molecule has 0 spiro atoms. The van der Waals surface area contributed by atoms with Crippen LogP contribution in [0.4, 0.5) is 0 Å². The van der Waals surface area contributed by atoms with Crippen molar-refractivity contribution < 1.29 is 19.3 Å². The van der Waals surface area contributed by atoms with Crippen LogP contribution in [0.1, 0.15) is 31.7 Å². The number of ether oxygens (including phenoxy) is 3. The average molecular weight is 365 g/mol. The molecule has 0 amide bonds. The Kier molecular flexibility index (Phi) is 9.06. The summed E-state index contributed by atoms with van der Waals surface area (Å²) >= 11 is 0. The lowest BCUT2D eigenvalue weighted by Crippen LogP contribution is -2.38.